The van der Waals surface area contributed by atoms with Crippen LogP contribution in [0, 0.1) is 0 Å². The summed E-state index contributed by atoms with van der Waals surface area (Å²) >= 11 is 7.64. The summed E-state index contributed by atoms with van der Waals surface area (Å²) in [4.78, 5) is 35.5. The van der Waals surface area contributed by atoms with Gasteiger partial charge in [0.05, 0.1) is 10.1 Å². The molecule has 0 spiro atoms. The summed E-state index contributed by atoms with van der Waals surface area (Å²) in [5.41, 5.74) is -1.58. The standard InChI is InChI=1S/C4H13NO6P2S2/c1-4(2,3(14)15)5(12(6,7)8)13(9,10)11/h3,14-15H,1-2H3,(H2,6,7,8)(H2,9,10,11). The van der Waals surface area contributed by atoms with Crippen molar-refractivity contribution in [3.63, 3.8) is 0 Å². The molecule has 0 aromatic carbocycles. The summed E-state index contributed by atoms with van der Waals surface area (Å²) in [5, 5.41) is 0. The summed E-state index contributed by atoms with van der Waals surface area (Å²) in [6.45, 7) is 2.44. The third kappa shape index (κ3) is 4.03. The van der Waals surface area contributed by atoms with Gasteiger partial charge in [-0.15, -0.1) is 4.44 Å². The topological polar surface area (TPSA) is 118 Å². The Kier molecular flexibility index (Phi) is 4.98. The fourth-order valence-electron chi connectivity index (χ4n) is 0.927. The lowest BCUT2D eigenvalue weighted by Gasteiger charge is -2.39. The highest BCUT2D eigenvalue weighted by Gasteiger charge is 2.51. The number of nitrogens with zero attached hydrogens (tertiary/aromatic N) is 1. The van der Waals surface area contributed by atoms with Gasteiger partial charge in [-0.05, 0) is 13.8 Å². The molecule has 0 amide bonds. The van der Waals surface area contributed by atoms with Crippen molar-refractivity contribution in [3.8, 4) is 0 Å². The average molecular weight is 297 g/mol. The molecule has 4 N–H and O–H groups in total. The van der Waals surface area contributed by atoms with Crippen LogP contribution < -0.4 is 0 Å². The minimum absolute atomic E-state index is 0.183. The number of rotatable bonds is 4. The van der Waals surface area contributed by atoms with Crippen molar-refractivity contribution in [3.05, 3.63) is 0 Å². The lowest BCUT2D eigenvalue weighted by atomic mass is 10.1. The zero-order valence-corrected chi connectivity index (χ0v) is 11.5. The van der Waals surface area contributed by atoms with Crippen molar-refractivity contribution >= 4 is 40.8 Å². The van der Waals surface area contributed by atoms with Crippen molar-refractivity contribution in [2.75, 3.05) is 0 Å². The molecule has 0 aliphatic carbocycles. The second-order valence-corrected chi connectivity index (χ2v) is 7.95. The van der Waals surface area contributed by atoms with Crippen LogP contribution in [0.15, 0.2) is 0 Å². The fraction of sp³-hybridized carbons (Fsp3) is 1.00. The largest absolute Gasteiger partial charge is 0.413 e. The van der Waals surface area contributed by atoms with Gasteiger partial charge in [0.25, 0.3) is 0 Å². The molecule has 92 valence electrons. The molecule has 0 aliphatic rings. The van der Waals surface area contributed by atoms with Crippen molar-refractivity contribution in [2.24, 2.45) is 0 Å². The Morgan fingerprint density at radius 3 is 1.40 bits per heavy atom. The van der Waals surface area contributed by atoms with Crippen LogP contribution in [0.2, 0.25) is 0 Å². The van der Waals surface area contributed by atoms with E-state index < -0.39 is 25.6 Å². The van der Waals surface area contributed by atoms with Crippen LogP contribution in [0.4, 0.5) is 0 Å². The van der Waals surface area contributed by atoms with E-state index in [0.717, 1.165) is 0 Å². The molecular weight excluding hydrogens is 284 g/mol. The van der Waals surface area contributed by atoms with E-state index in [4.69, 9.17) is 19.6 Å². The molecule has 11 heteroatoms. The van der Waals surface area contributed by atoms with E-state index in [1.807, 2.05) is 0 Å². The summed E-state index contributed by atoms with van der Waals surface area (Å²) in [6, 6.07) is 0. The smallest absolute Gasteiger partial charge is 0.312 e. The number of hydrogen-bond acceptors (Lipinski definition) is 4. The van der Waals surface area contributed by atoms with Crippen LogP contribution in [0.25, 0.3) is 0 Å². The van der Waals surface area contributed by atoms with Gasteiger partial charge in [-0.25, -0.2) is 9.13 Å². The second kappa shape index (κ2) is 4.68. The first-order valence-corrected chi connectivity index (χ1v) is 7.76. The van der Waals surface area contributed by atoms with E-state index in [0.29, 0.717) is 0 Å². The molecule has 0 atom stereocenters. The molecule has 0 aliphatic heterocycles. The lowest BCUT2D eigenvalue weighted by molar-refractivity contribution is 0.207. The van der Waals surface area contributed by atoms with Crippen LogP contribution >= 0.6 is 40.8 Å². The lowest BCUT2D eigenvalue weighted by Crippen LogP contribution is -2.44. The third-order valence-electron chi connectivity index (χ3n) is 1.64. The maximum atomic E-state index is 11.0. The molecule has 15 heavy (non-hydrogen) atoms. The second-order valence-electron chi connectivity index (χ2n) is 3.34. The third-order valence-corrected chi connectivity index (χ3v) is 6.32. The summed E-state index contributed by atoms with van der Waals surface area (Å²) in [7, 11) is -10.2. The predicted molar refractivity (Wildman–Crippen MR) is 61.8 cm³/mol. The van der Waals surface area contributed by atoms with Gasteiger partial charge >= 0.3 is 15.5 Å². The molecule has 0 radical (unpaired) electrons. The Balaban J connectivity index is 5.54. The monoisotopic (exact) mass is 297 g/mol. The Bertz CT molecular complexity index is 299. The van der Waals surface area contributed by atoms with Crippen LogP contribution in [0.5, 0.6) is 0 Å². The normalized spacial score (nSPS) is 15.1. The van der Waals surface area contributed by atoms with Crippen LogP contribution in [-0.4, -0.2) is 34.1 Å². The summed E-state index contributed by atoms with van der Waals surface area (Å²) < 4.78 is 20.8. The molecule has 0 bridgehead atoms. The molecule has 0 saturated carbocycles. The zero-order chi connectivity index (χ0) is 12.7. The Morgan fingerprint density at radius 2 is 1.33 bits per heavy atom. The van der Waals surface area contributed by atoms with Crippen molar-refractivity contribution in [1.29, 1.82) is 0 Å². The maximum absolute atomic E-state index is 11.0. The molecule has 7 nitrogen and oxygen atoms in total. The van der Waals surface area contributed by atoms with E-state index in [1.54, 1.807) is 0 Å². The SMILES string of the molecule is CC(C)(C(S)S)N(P(=O)(O)O)P(=O)(O)O. The minimum Gasteiger partial charge on any atom is -0.312 e. The Hall–Kier alpha value is 0.960. The van der Waals surface area contributed by atoms with Crippen LogP contribution in [-0.2, 0) is 9.13 Å². The minimum atomic E-state index is -5.10. The van der Waals surface area contributed by atoms with E-state index in [-0.39, 0.29) is 4.44 Å². The fourth-order valence-corrected chi connectivity index (χ4v) is 4.31. The van der Waals surface area contributed by atoms with Crippen molar-refractivity contribution in [1.82, 2.24) is 4.44 Å². The molecule has 0 rings (SSSR count). The maximum Gasteiger partial charge on any atom is 0.413 e. The molecule has 0 aromatic rings. The molecule has 0 aromatic heterocycles. The van der Waals surface area contributed by atoms with Crippen molar-refractivity contribution in [2.45, 2.75) is 24.0 Å². The zero-order valence-electron chi connectivity index (χ0n) is 7.92. The van der Waals surface area contributed by atoms with E-state index in [9.17, 15) is 9.13 Å². The van der Waals surface area contributed by atoms with Crippen LogP contribution in [0.3, 0.4) is 0 Å². The molecule has 0 heterocycles. The van der Waals surface area contributed by atoms with E-state index in [2.05, 4.69) is 25.3 Å². The molecule has 0 saturated heterocycles. The van der Waals surface area contributed by atoms with Gasteiger partial charge in [-0.3, -0.25) is 0 Å². The molecule has 0 fully saturated rings. The predicted octanol–water partition coefficient (Wildman–Crippen LogP) is 0.438. The Labute approximate surface area is 98.1 Å². The van der Waals surface area contributed by atoms with Gasteiger partial charge in [-0.1, -0.05) is 0 Å². The van der Waals surface area contributed by atoms with Crippen LogP contribution in [0.1, 0.15) is 13.8 Å². The first-order valence-electron chi connectivity index (χ1n) is 3.59. The quantitative estimate of drug-likeness (QED) is 0.253. The molecule has 0 unspecified atom stereocenters. The highest BCUT2D eigenvalue weighted by Crippen LogP contribution is 2.63. The van der Waals surface area contributed by atoms with Gasteiger partial charge in [0, 0.05) is 0 Å². The van der Waals surface area contributed by atoms with Gasteiger partial charge in [0.15, 0.2) is 0 Å². The van der Waals surface area contributed by atoms with Gasteiger partial charge < -0.3 is 19.6 Å². The van der Waals surface area contributed by atoms with E-state index >= 15 is 0 Å². The Morgan fingerprint density at radius 1 is 1.07 bits per heavy atom. The number of hydrogen-bond donors (Lipinski definition) is 6. The highest BCUT2D eigenvalue weighted by atomic mass is 32.2. The van der Waals surface area contributed by atoms with Gasteiger partial charge in [0.1, 0.15) is 0 Å². The summed E-state index contributed by atoms with van der Waals surface area (Å²) in [6.07, 6.45) is 0. The van der Waals surface area contributed by atoms with Gasteiger partial charge in [-0.2, -0.15) is 25.3 Å². The summed E-state index contributed by atoms with van der Waals surface area (Å²) in [5.74, 6) is 0. The first-order chi connectivity index (χ1) is 6.31. The van der Waals surface area contributed by atoms with E-state index in [1.165, 1.54) is 13.8 Å². The van der Waals surface area contributed by atoms with Crippen molar-refractivity contribution < 1.29 is 28.7 Å². The van der Waals surface area contributed by atoms with Gasteiger partial charge in [0.2, 0.25) is 0 Å². The first kappa shape index (κ1) is 16.0. The average Bonchev–Trinajstić information content (AvgIpc) is 1.76. The number of thiol groups is 2. The molecular formula is C4H13NO6P2S2. The highest BCUT2D eigenvalue weighted by molar-refractivity contribution is 7.99.